The molecule has 0 aliphatic rings. The van der Waals surface area contributed by atoms with Crippen LogP contribution < -0.4 is 4.74 Å². The van der Waals surface area contributed by atoms with Crippen LogP contribution >= 0.6 is 45.7 Å². The maximum Gasteiger partial charge on any atom is 0.322 e. The summed E-state index contributed by atoms with van der Waals surface area (Å²) in [6.45, 7) is 4.02. The van der Waals surface area contributed by atoms with Crippen molar-refractivity contribution in [3.63, 3.8) is 0 Å². The molecule has 0 aliphatic carbocycles. The maximum atomic E-state index is 11.3. The summed E-state index contributed by atoms with van der Waals surface area (Å²) in [5.41, 5.74) is 1.76. The second kappa shape index (κ2) is 9.04. The van der Waals surface area contributed by atoms with Crippen molar-refractivity contribution in [3.05, 3.63) is 53.6 Å². The molecule has 0 saturated heterocycles. The van der Waals surface area contributed by atoms with E-state index in [1.165, 1.54) is 0 Å². The third-order valence-electron chi connectivity index (χ3n) is 3.73. The van der Waals surface area contributed by atoms with Crippen molar-refractivity contribution >= 4 is 51.7 Å². The molecule has 2 aromatic carbocycles. The fourth-order valence-electron chi connectivity index (χ4n) is 2.35. The summed E-state index contributed by atoms with van der Waals surface area (Å²) in [6, 6.07) is 12.0. The zero-order valence-electron chi connectivity index (χ0n) is 13.8. The van der Waals surface area contributed by atoms with E-state index in [2.05, 4.69) is 0 Å². The van der Waals surface area contributed by atoms with Gasteiger partial charge in [0.1, 0.15) is 23.3 Å². The fraction of sp³-hybridized carbons (Fsp3) is 0.278. The van der Waals surface area contributed by atoms with Crippen molar-refractivity contribution in [3.8, 4) is 17.2 Å². The monoisotopic (exact) mass is 567 g/mol. The summed E-state index contributed by atoms with van der Waals surface area (Å²) >= 11 is 3.95. The van der Waals surface area contributed by atoms with E-state index < -0.39 is 12.0 Å². The highest BCUT2D eigenvalue weighted by Crippen LogP contribution is 2.31. The molecule has 5 nitrogen and oxygen atoms in total. The molecule has 1 atom stereocenters. The van der Waals surface area contributed by atoms with Crippen molar-refractivity contribution in [1.82, 2.24) is 1.33 Å². The van der Waals surface area contributed by atoms with Gasteiger partial charge in [0.25, 0.3) is 0 Å². The SMILES string of the molecule is CC(C)c1cc(Oc2ccc(C[C@@H](C(=O)O)N(I)I)cc2)ccc1O. The molecule has 2 rings (SSSR count). The van der Waals surface area contributed by atoms with E-state index in [0.717, 1.165) is 11.1 Å². The lowest BCUT2D eigenvalue weighted by atomic mass is 10.0. The number of hydrogen-bond acceptors (Lipinski definition) is 4. The highest BCUT2D eigenvalue weighted by Gasteiger charge is 2.22. The van der Waals surface area contributed by atoms with Crippen LogP contribution in [0.3, 0.4) is 0 Å². The Morgan fingerprint density at radius 2 is 1.72 bits per heavy atom. The van der Waals surface area contributed by atoms with Crippen LogP contribution in [-0.4, -0.2) is 23.6 Å². The van der Waals surface area contributed by atoms with Crippen molar-refractivity contribution in [1.29, 1.82) is 0 Å². The number of carboxylic acids is 1. The summed E-state index contributed by atoms with van der Waals surface area (Å²) in [5, 5.41) is 19.1. The van der Waals surface area contributed by atoms with Gasteiger partial charge in [-0.2, -0.15) is 1.33 Å². The van der Waals surface area contributed by atoms with Gasteiger partial charge in [-0.25, -0.2) is 0 Å². The van der Waals surface area contributed by atoms with Crippen LogP contribution in [0.2, 0.25) is 0 Å². The average molecular weight is 567 g/mol. The summed E-state index contributed by atoms with van der Waals surface area (Å²) < 4.78 is 7.47. The Kier molecular flexibility index (Phi) is 7.32. The van der Waals surface area contributed by atoms with Crippen molar-refractivity contribution in [2.75, 3.05) is 0 Å². The number of phenolic OH excluding ortho intramolecular Hbond substituents is 1. The molecule has 134 valence electrons. The van der Waals surface area contributed by atoms with E-state index in [9.17, 15) is 15.0 Å². The molecule has 0 amide bonds. The minimum absolute atomic E-state index is 0.198. The standard InChI is InChI=1S/C18H19I2NO4/c1-11(2)15-10-14(7-8-17(15)22)25-13-5-3-12(4-6-13)9-16(18(23)24)21(19)20/h3-8,10-11,16,22H,9H2,1-2H3,(H,23,24)/t16-/m0/s1. The van der Waals surface area contributed by atoms with Crippen LogP contribution in [0.5, 0.6) is 17.2 Å². The fourth-order valence-corrected chi connectivity index (χ4v) is 3.22. The number of aliphatic carboxylic acids is 1. The zero-order valence-corrected chi connectivity index (χ0v) is 18.1. The Balaban J connectivity index is 2.10. The molecule has 0 fully saturated rings. The number of hydrogen-bond donors (Lipinski definition) is 2. The van der Waals surface area contributed by atoms with Gasteiger partial charge in [0.05, 0.1) is 0 Å². The first-order valence-electron chi connectivity index (χ1n) is 7.71. The lowest BCUT2D eigenvalue weighted by molar-refractivity contribution is -0.139. The van der Waals surface area contributed by atoms with Crippen LogP contribution in [0.1, 0.15) is 30.9 Å². The molecule has 0 unspecified atom stereocenters. The molecule has 0 radical (unpaired) electrons. The van der Waals surface area contributed by atoms with Crippen molar-refractivity contribution in [2.24, 2.45) is 0 Å². The molecule has 7 heteroatoms. The van der Waals surface area contributed by atoms with Crippen LogP contribution in [0, 0.1) is 0 Å². The number of benzene rings is 2. The second-order valence-electron chi connectivity index (χ2n) is 5.94. The number of aromatic hydroxyl groups is 1. The number of rotatable bonds is 7. The number of phenols is 1. The topological polar surface area (TPSA) is 70.0 Å². The summed E-state index contributed by atoms with van der Waals surface area (Å²) in [4.78, 5) is 11.3. The zero-order chi connectivity index (χ0) is 18.6. The third-order valence-corrected chi connectivity index (χ3v) is 5.07. The highest BCUT2D eigenvalue weighted by molar-refractivity contribution is 14.2. The molecule has 2 N–H and O–H groups in total. The van der Waals surface area contributed by atoms with Crippen LogP contribution in [0.25, 0.3) is 0 Å². The van der Waals surface area contributed by atoms with Gasteiger partial charge >= 0.3 is 5.97 Å². The Morgan fingerprint density at radius 1 is 1.12 bits per heavy atom. The molecule has 0 bridgehead atoms. The van der Waals surface area contributed by atoms with Gasteiger partial charge < -0.3 is 14.9 Å². The highest BCUT2D eigenvalue weighted by atomic mass is 127. The van der Waals surface area contributed by atoms with Crippen LogP contribution in [0.4, 0.5) is 0 Å². The summed E-state index contributed by atoms with van der Waals surface area (Å²) in [5.74, 6) is 0.928. The minimum Gasteiger partial charge on any atom is -0.508 e. The van der Waals surface area contributed by atoms with Gasteiger partial charge in [0.15, 0.2) is 0 Å². The van der Waals surface area contributed by atoms with Gasteiger partial charge in [0.2, 0.25) is 0 Å². The first-order valence-corrected chi connectivity index (χ1v) is 9.64. The van der Waals surface area contributed by atoms with Crippen LogP contribution in [-0.2, 0) is 11.2 Å². The number of halogens is 2. The predicted octanol–water partition coefficient (Wildman–Crippen LogP) is 5.31. The Bertz CT molecular complexity index is 732. The van der Waals surface area contributed by atoms with Crippen molar-refractivity contribution in [2.45, 2.75) is 32.2 Å². The third kappa shape index (κ3) is 5.71. The normalized spacial score (nSPS) is 12.4. The summed E-state index contributed by atoms with van der Waals surface area (Å²) in [6.07, 6.45) is 0.415. The largest absolute Gasteiger partial charge is 0.508 e. The first kappa shape index (κ1) is 20.2. The number of carboxylic acid groups (broad SMARTS) is 1. The summed E-state index contributed by atoms with van der Waals surface area (Å²) in [7, 11) is 0. The van der Waals surface area contributed by atoms with Gasteiger partial charge in [-0.1, -0.05) is 26.0 Å². The molecule has 0 saturated carbocycles. The average Bonchev–Trinajstić information content (AvgIpc) is 2.55. The van der Waals surface area contributed by atoms with E-state index in [1.54, 1.807) is 13.5 Å². The second-order valence-corrected chi connectivity index (χ2v) is 9.86. The molecule has 0 heterocycles. The molecule has 25 heavy (non-hydrogen) atoms. The van der Waals surface area contributed by atoms with E-state index in [0.29, 0.717) is 17.9 Å². The quantitative estimate of drug-likeness (QED) is 0.351. The van der Waals surface area contributed by atoms with E-state index in [-0.39, 0.29) is 11.7 Å². The minimum atomic E-state index is -0.852. The van der Waals surface area contributed by atoms with Gasteiger partial charge in [-0.15, -0.1) is 0 Å². The molecule has 0 aliphatic heterocycles. The molecule has 0 spiro atoms. The van der Waals surface area contributed by atoms with E-state index in [1.807, 2.05) is 89.9 Å². The Hall–Kier alpha value is -1.07. The lowest BCUT2D eigenvalue weighted by Gasteiger charge is -2.16. The van der Waals surface area contributed by atoms with Gasteiger partial charge in [-0.05, 0) is 41.8 Å². The Morgan fingerprint density at radius 3 is 2.24 bits per heavy atom. The maximum absolute atomic E-state index is 11.3. The Labute approximate surface area is 175 Å². The molecule has 0 aromatic heterocycles. The number of ether oxygens (including phenoxy) is 1. The molecular formula is C18H19I2NO4. The molecule has 2 aromatic rings. The van der Waals surface area contributed by atoms with Crippen LogP contribution in [0.15, 0.2) is 42.5 Å². The predicted molar refractivity (Wildman–Crippen MR) is 114 cm³/mol. The van der Waals surface area contributed by atoms with Crippen molar-refractivity contribution < 1.29 is 19.7 Å². The van der Waals surface area contributed by atoms with Gasteiger partial charge in [-0.3, -0.25) is 4.79 Å². The lowest BCUT2D eigenvalue weighted by Crippen LogP contribution is -2.30. The first-order chi connectivity index (χ1) is 11.8. The number of nitrogens with zero attached hydrogens (tertiary/aromatic N) is 1. The van der Waals surface area contributed by atoms with E-state index in [4.69, 9.17) is 4.74 Å². The van der Waals surface area contributed by atoms with Gasteiger partial charge in [0, 0.05) is 57.7 Å². The number of carbonyl (C=O) groups is 1. The smallest absolute Gasteiger partial charge is 0.322 e. The van der Waals surface area contributed by atoms with E-state index >= 15 is 0 Å². The molecular weight excluding hydrogens is 548 g/mol.